The van der Waals surface area contributed by atoms with Crippen molar-refractivity contribution >= 4 is 37.6 Å². The molecule has 3 aromatic carbocycles. The Morgan fingerprint density at radius 3 is 2.55 bits per heavy atom. The number of nitrogens with zero attached hydrogens (tertiary/aromatic N) is 1. The molecule has 0 amide bonds. The largest absolute Gasteiger partial charge is 0.317 e. The highest BCUT2D eigenvalue weighted by atomic mass is 79.9. The van der Waals surface area contributed by atoms with E-state index < -0.39 is 0 Å². The maximum Gasteiger partial charge on any atom is 0.0534 e. The summed E-state index contributed by atoms with van der Waals surface area (Å²) in [5.74, 6) is 0. The molecule has 0 radical (unpaired) electrons. The number of rotatable bonds is 1. The van der Waals surface area contributed by atoms with E-state index in [1.807, 2.05) is 6.07 Å². The molecule has 0 bridgehead atoms. The average molecular weight is 322 g/mol. The van der Waals surface area contributed by atoms with Crippen molar-refractivity contribution in [3.05, 3.63) is 77.4 Å². The van der Waals surface area contributed by atoms with Crippen LogP contribution in [0.5, 0.6) is 0 Å². The quantitative estimate of drug-likeness (QED) is 0.433. The SMILES string of the molecule is Brc1cccc(-n2ccc3c4ccccc4ccc32)c1. The van der Waals surface area contributed by atoms with Crippen LogP contribution in [0.2, 0.25) is 0 Å². The number of benzene rings is 3. The molecule has 0 spiro atoms. The molecule has 20 heavy (non-hydrogen) atoms. The molecule has 4 aromatic rings. The lowest BCUT2D eigenvalue weighted by Gasteiger charge is -2.07. The minimum Gasteiger partial charge on any atom is -0.317 e. The van der Waals surface area contributed by atoms with Crippen LogP contribution in [0, 0.1) is 0 Å². The van der Waals surface area contributed by atoms with E-state index in [1.54, 1.807) is 0 Å². The fourth-order valence-corrected chi connectivity index (χ4v) is 3.14. The first-order valence-electron chi connectivity index (χ1n) is 6.58. The van der Waals surface area contributed by atoms with E-state index >= 15 is 0 Å². The van der Waals surface area contributed by atoms with Crippen molar-refractivity contribution in [3.63, 3.8) is 0 Å². The molecule has 0 aliphatic rings. The van der Waals surface area contributed by atoms with Gasteiger partial charge in [0.15, 0.2) is 0 Å². The summed E-state index contributed by atoms with van der Waals surface area (Å²) in [6.07, 6.45) is 2.14. The minimum absolute atomic E-state index is 1.10. The van der Waals surface area contributed by atoms with Gasteiger partial charge in [0.2, 0.25) is 0 Å². The van der Waals surface area contributed by atoms with Crippen molar-refractivity contribution in [2.45, 2.75) is 0 Å². The first kappa shape index (κ1) is 11.7. The smallest absolute Gasteiger partial charge is 0.0534 e. The number of aromatic nitrogens is 1. The second-order valence-electron chi connectivity index (χ2n) is 4.89. The Bertz CT molecular complexity index is 921. The molecule has 0 saturated carbocycles. The maximum absolute atomic E-state index is 3.54. The average Bonchev–Trinajstić information content (AvgIpc) is 2.91. The third-order valence-electron chi connectivity index (χ3n) is 3.68. The summed E-state index contributed by atoms with van der Waals surface area (Å²) in [7, 11) is 0. The zero-order chi connectivity index (χ0) is 13.5. The minimum atomic E-state index is 1.10. The molecule has 4 rings (SSSR count). The van der Waals surface area contributed by atoms with Gasteiger partial charge < -0.3 is 4.57 Å². The standard InChI is InChI=1S/C18H12BrN/c19-14-5-3-6-15(12-14)20-11-10-17-16-7-2-1-4-13(16)8-9-18(17)20/h1-12H. The molecule has 0 N–H and O–H groups in total. The predicted octanol–water partition coefficient (Wildman–Crippen LogP) is 5.55. The Kier molecular flexibility index (Phi) is 2.64. The molecular formula is C18H12BrN. The van der Waals surface area contributed by atoms with Gasteiger partial charge in [0, 0.05) is 21.7 Å². The van der Waals surface area contributed by atoms with E-state index in [-0.39, 0.29) is 0 Å². The monoisotopic (exact) mass is 321 g/mol. The van der Waals surface area contributed by atoms with Crippen LogP contribution in [-0.4, -0.2) is 4.57 Å². The molecule has 1 nitrogen and oxygen atoms in total. The highest BCUT2D eigenvalue weighted by molar-refractivity contribution is 9.10. The maximum atomic E-state index is 3.54. The summed E-state index contributed by atoms with van der Waals surface area (Å²) in [5.41, 5.74) is 2.41. The van der Waals surface area contributed by atoms with E-state index in [0.29, 0.717) is 0 Å². The normalized spacial score (nSPS) is 11.2. The van der Waals surface area contributed by atoms with Crippen LogP contribution < -0.4 is 0 Å². The Hall–Kier alpha value is -2.06. The number of fused-ring (bicyclic) bond motifs is 3. The third-order valence-corrected chi connectivity index (χ3v) is 4.18. The Morgan fingerprint density at radius 2 is 1.65 bits per heavy atom. The van der Waals surface area contributed by atoms with Crippen LogP contribution in [0.25, 0.3) is 27.4 Å². The van der Waals surface area contributed by atoms with Crippen molar-refractivity contribution in [1.29, 1.82) is 0 Å². The van der Waals surface area contributed by atoms with Gasteiger partial charge in [-0.1, -0.05) is 52.3 Å². The van der Waals surface area contributed by atoms with Gasteiger partial charge in [0.25, 0.3) is 0 Å². The van der Waals surface area contributed by atoms with Crippen molar-refractivity contribution in [3.8, 4) is 5.69 Å². The van der Waals surface area contributed by atoms with E-state index in [1.165, 1.54) is 27.4 Å². The fraction of sp³-hybridized carbons (Fsp3) is 0. The molecule has 2 heteroatoms. The third kappa shape index (κ3) is 1.76. The van der Waals surface area contributed by atoms with Crippen LogP contribution in [0.15, 0.2) is 77.4 Å². The fourth-order valence-electron chi connectivity index (χ4n) is 2.75. The van der Waals surface area contributed by atoms with Gasteiger partial charge in [-0.3, -0.25) is 0 Å². The van der Waals surface area contributed by atoms with Crippen LogP contribution >= 0.6 is 15.9 Å². The lowest BCUT2D eigenvalue weighted by atomic mass is 10.1. The summed E-state index contributed by atoms with van der Waals surface area (Å²) in [5, 5.41) is 3.88. The molecule has 0 aliphatic heterocycles. The molecule has 0 unspecified atom stereocenters. The molecular weight excluding hydrogens is 310 g/mol. The second kappa shape index (κ2) is 4.50. The molecule has 1 aromatic heterocycles. The summed E-state index contributed by atoms with van der Waals surface area (Å²) in [4.78, 5) is 0. The van der Waals surface area contributed by atoms with E-state index in [2.05, 4.69) is 87.4 Å². The highest BCUT2D eigenvalue weighted by Crippen LogP contribution is 2.28. The zero-order valence-electron chi connectivity index (χ0n) is 10.8. The van der Waals surface area contributed by atoms with E-state index in [4.69, 9.17) is 0 Å². The summed E-state index contributed by atoms with van der Waals surface area (Å²) in [6.45, 7) is 0. The molecule has 0 fully saturated rings. The number of halogens is 1. The molecule has 1 heterocycles. The number of hydrogen-bond acceptors (Lipinski definition) is 0. The van der Waals surface area contributed by atoms with Gasteiger partial charge in [-0.15, -0.1) is 0 Å². The van der Waals surface area contributed by atoms with Gasteiger partial charge in [-0.25, -0.2) is 0 Å². The van der Waals surface area contributed by atoms with E-state index in [9.17, 15) is 0 Å². The summed E-state index contributed by atoms with van der Waals surface area (Å²) < 4.78 is 3.32. The van der Waals surface area contributed by atoms with Crippen LogP contribution in [-0.2, 0) is 0 Å². The summed E-state index contributed by atoms with van der Waals surface area (Å²) >= 11 is 3.54. The molecule has 96 valence electrons. The van der Waals surface area contributed by atoms with Crippen molar-refractivity contribution in [2.24, 2.45) is 0 Å². The molecule has 0 saturated heterocycles. The van der Waals surface area contributed by atoms with Gasteiger partial charge >= 0.3 is 0 Å². The topological polar surface area (TPSA) is 4.93 Å². The summed E-state index contributed by atoms with van der Waals surface area (Å²) in [6, 6.07) is 23.5. The predicted molar refractivity (Wildman–Crippen MR) is 88.5 cm³/mol. The highest BCUT2D eigenvalue weighted by Gasteiger charge is 2.06. The zero-order valence-corrected chi connectivity index (χ0v) is 12.3. The van der Waals surface area contributed by atoms with Gasteiger partial charge in [-0.05, 0) is 41.1 Å². The molecule has 0 aliphatic carbocycles. The van der Waals surface area contributed by atoms with Crippen molar-refractivity contribution in [2.75, 3.05) is 0 Å². The van der Waals surface area contributed by atoms with Crippen molar-refractivity contribution < 1.29 is 0 Å². The first-order valence-corrected chi connectivity index (χ1v) is 7.37. The van der Waals surface area contributed by atoms with Gasteiger partial charge in [-0.2, -0.15) is 0 Å². The van der Waals surface area contributed by atoms with Crippen molar-refractivity contribution in [1.82, 2.24) is 4.57 Å². The Morgan fingerprint density at radius 1 is 0.750 bits per heavy atom. The Labute approximate surface area is 125 Å². The van der Waals surface area contributed by atoms with E-state index in [0.717, 1.165) is 4.47 Å². The van der Waals surface area contributed by atoms with Gasteiger partial charge in [0.1, 0.15) is 0 Å². The second-order valence-corrected chi connectivity index (χ2v) is 5.80. The molecule has 0 atom stereocenters. The first-order chi connectivity index (χ1) is 9.83. The lowest BCUT2D eigenvalue weighted by molar-refractivity contribution is 1.13. The van der Waals surface area contributed by atoms with Crippen LogP contribution in [0.3, 0.4) is 0 Å². The Balaban J connectivity index is 2.05. The van der Waals surface area contributed by atoms with Crippen LogP contribution in [0.1, 0.15) is 0 Å². The number of hydrogen-bond donors (Lipinski definition) is 0. The van der Waals surface area contributed by atoms with Gasteiger partial charge in [0.05, 0.1) is 5.52 Å². The van der Waals surface area contributed by atoms with Crippen LogP contribution in [0.4, 0.5) is 0 Å². The lowest BCUT2D eigenvalue weighted by Crippen LogP contribution is -1.91.